The number of thiophene rings is 1. The zero-order valence-electron chi connectivity index (χ0n) is 10.8. The number of sulfonamides is 1. The Bertz CT molecular complexity index is 558. The Kier molecular flexibility index (Phi) is 5.71. The van der Waals surface area contributed by atoms with E-state index in [1.165, 1.54) is 17.4 Å². The Labute approximate surface area is 117 Å². The van der Waals surface area contributed by atoms with Gasteiger partial charge >= 0.3 is 5.97 Å². The SMILES string of the molecule is CC(C)CS(=O)(=O)NCc1ccc(C=CC(=O)O)s1. The van der Waals surface area contributed by atoms with Gasteiger partial charge in [0, 0.05) is 22.4 Å². The maximum atomic E-state index is 11.6. The van der Waals surface area contributed by atoms with E-state index < -0.39 is 16.0 Å². The molecule has 0 saturated carbocycles. The van der Waals surface area contributed by atoms with Crippen LogP contribution in [-0.2, 0) is 21.4 Å². The van der Waals surface area contributed by atoms with Crippen molar-refractivity contribution < 1.29 is 18.3 Å². The van der Waals surface area contributed by atoms with Crippen LogP contribution >= 0.6 is 11.3 Å². The van der Waals surface area contributed by atoms with Gasteiger partial charge in [-0.3, -0.25) is 0 Å². The quantitative estimate of drug-likeness (QED) is 0.754. The van der Waals surface area contributed by atoms with Gasteiger partial charge in [-0.25, -0.2) is 17.9 Å². The highest BCUT2D eigenvalue weighted by Crippen LogP contribution is 2.18. The minimum atomic E-state index is -3.25. The molecule has 5 nitrogen and oxygen atoms in total. The molecule has 0 spiro atoms. The third kappa shape index (κ3) is 6.51. The summed E-state index contributed by atoms with van der Waals surface area (Å²) in [5, 5.41) is 8.50. The Balaban J connectivity index is 2.57. The van der Waals surface area contributed by atoms with Crippen LogP contribution in [0.15, 0.2) is 18.2 Å². The summed E-state index contributed by atoms with van der Waals surface area (Å²) in [7, 11) is -3.25. The molecule has 0 amide bonds. The van der Waals surface area contributed by atoms with Gasteiger partial charge in [0.25, 0.3) is 0 Å². The molecule has 0 fully saturated rings. The highest BCUT2D eigenvalue weighted by Gasteiger charge is 2.12. The Morgan fingerprint density at radius 2 is 2.16 bits per heavy atom. The molecule has 2 N–H and O–H groups in total. The van der Waals surface area contributed by atoms with Crippen molar-refractivity contribution in [2.45, 2.75) is 20.4 Å². The van der Waals surface area contributed by atoms with E-state index in [4.69, 9.17) is 5.11 Å². The molecule has 0 aliphatic carbocycles. The van der Waals surface area contributed by atoms with E-state index in [0.717, 1.165) is 15.8 Å². The number of aliphatic carboxylic acids is 1. The summed E-state index contributed by atoms with van der Waals surface area (Å²) in [6, 6.07) is 3.54. The van der Waals surface area contributed by atoms with Gasteiger partial charge in [0.2, 0.25) is 10.0 Å². The van der Waals surface area contributed by atoms with E-state index in [9.17, 15) is 13.2 Å². The van der Waals surface area contributed by atoms with Crippen molar-refractivity contribution in [2.24, 2.45) is 5.92 Å². The summed E-state index contributed by atoms with van der Waals surface area (Å²) in [4.78, 5) is 12.0. The third-order valence-corrected chi connectivity index (χ3v) is 4.83. The van der Waals surface area contributed by atoms with Crippen LogP contribution in [-0.4, -0.2) is 25.2 Å². The fourth-order valence-corrected chi connectivity index (χ4v) is 3.73. The second kappa shape index (κ2) is 6.83. The lowest BCUT2D eigenvalue weighted by atomic mass is 10.3. The van der Waals surface area contributed by atoms with Gasteiger partial charge in [-0.2, -0.15) is 0 Å². The molecule has 19 heavy (non-hydrogen) atoms. The number of carbonyl (C=O) groups is 1. The monoisotopic (exact) mass is 303 g/mol. The van der Waals surface area contributed by atoms with E-state index in [-0.39, 0.29) is 18.2 Å². The highest BCUT2D eigenvalue weighted by atomic mass is 32.2. The zero-order chi connectivity index (χ0) is 14.5. The van der Waals surface area contributed by atoms with E-state index in [0.29, 0.717) is 0 Å². The lowest BCUT2D eigenvalue weighted by molar-refractivity contribution is -0.131. The standard InChI is InChI=1S/C12H17NO4S2/c1-9(2)8-19(16,17)13-7-11-4-3-10(18-11)5-6-12(14)15/h3-6,9,13H,7-8H2,1-2H3,(H,14,15). The topological polar surface area (TPSA) is 83.5 Å². The molecule has 0 saturated heterocycles. The molecule has 0 aliphatic heterocycles. The molecule has 1 heterocycles. The zero-order valence-corrected chi connectivity index (χ0v) is 12.4. The lowest BCUT2D eigenvalue weighted by Crippen LogP contribution is -2.27. The van der Waals surface area contributed by atoms with Crippen LogP contribution in [0.5, 0.6) is 0 Å². The van der Waals surface area contributed by atoms with Crippen LogP contribution in [0.25, 0.3) is 6.08 Å². The second-order valence-corrected chi connectivity index (χ2v) is 7.52. The number of carboxylic acid groups (broad SMARTS) is 1. The van der Waals surface area contributed by atoms with Gasteiger partial charge < -0.3 is 5.11 Å². The van der Waals surface area contributed by atoms with E-state index in [1.807, 2.05) is 13.8 Å². The largest absolute Gasteiger partial charge is 0.478 e. The first-order valence-electron chi connectivity index (χ1n) is 5.75. The maximum Gasteiger partial charge on any atom is 0.328 e. The van der Waals surface area contributed by atoms with Gasteiger partial charge in [0.15, 0.2) is 0 Å². The molecule has 0 unspecified atom stereocenters. The average molecular weight is 303 g/mol. The third-order valence-electron chi connectivity index (χ3n) is 2.09. The molecule has 0 radical (unpaired) electrons. The predicted molar refractivity (Wildman–Crippen MR) is 76.5 cm³/mol. The Hall–Kier alpha value is -1.18. The van der Waals surface area contributed by atoms with Crippen LogP contribution in [0.4, 0.5) is 0 Å². The van der Waals surface area contributed by atoms with Crippen molar-refractivity contribution in [1.82, 2.24) is 4.72 Å². The van der Waals surface area contributed by atoms with E-state index >= 15 is 0 Å². The molecule has 1 aromatic rings. The molecule has 0 aliphatic rings. The first-order valence-corrected chi connectivity index (χ1v) is 8.22. The number of nitrogens with one attached hydrogen (secondary N) is 1. The number of hydrogen-bond acceptors (Lipinski definition) is 4. The van der Waals surface area contributed by atoms with Crippen molar-refractivity contribution in [3.05, 3.63) is 28.0 Å². The summed E-state index contributed by atoms with van der Waals surface area (Å²) in [5.74, 6) is -0.827. The second-order valence-electron chi connectivity index (χ2n) is 4.47. The van der Waals surface area contributed by atoms with Gasteiger partial charge in [-0.1, -0.05) is 13.8 Å². The van der Waals surface area contributed by atoms with Crippen LogP contribution in [0, 0.1) is 5.92 Å². The molecular formula is C12H17NO4S2. The van der Waals surface area contributed by atoms with Crippen molar-refractivity contribution >= 4 is 33.4 Å². The first kappa shape index (κ1) is 15.9. The highest BCUT2D eigenvalue weighted by molar-refractivity contribution is 7.89. The van der Waals surface area contributed by atoms with Crippen LogP contribution < -0.4 is 4.72 Å². The number of hydrogen-bond donors (Lipinski definition) is 2. The first-order chi connectivity index (χ1) is 8.78. The van der Waals surface area contributed by atoms with Gasteiger partial charge in [-0.05, 0) is 24.1 Å². The van der Waals surface area contributed by atoms with Crippen molar-refractivity contribution in [3.8, 4) is 0 Å². The van der Waals surface area contributed by atoms with Crippen molar-refractivity contribution in [1.29, 1.82) is 0 Å². The predicted octanol–water partition coefficient (Wildman–Crippen LogP) is 1.92. The maximum absolute atomic E-state index is 11.6. The Morgan fingerprint density at radius 1 is 1.47 bits per heavy atom. The molecular weight excluding hydrogens is 286 g/mol. The molecule has 7 heteroatoms. The van der Waals surface area contributed by atoms with Gasteiger partial charge in [-0.15, -0.1) is 11.3 Å². The van der Waals surface area contributed by atoms with Crippen molar-refractivity contribution in [2.75, 3.05) is 5.75 Å². The van der Waals surface area contributed by atoms with E-state index in [1.54, 1.807) is 12.1 Å². The lowest BCUT2D eigenvalue weighted by Gasteiger charge is -2.07. The van der Waals surface area contributed by atoms with Gasteiger partial charge in [0.05, 0.1) is 5.75 Å². The molecule has 0 atom stereocenters. The average Bonchev–Trinajstić information content (AvgIpc) is 2.70. The van der Waals surface area contributed by atoms with Crippen LogP contribution in [0.1, 0.15) is 23.6 Å². The van der Waals surface area contributed by atoms with E-state index in [2.05, 4.69) is 4.72 Å². The van der Waals surface area contributed by atoms with Crippen LogP contribution in [0.2, 0.25) is 0 Å². The molecule has 106 valence electrons. The number of rotatable bonds is 7. The Morgan fingerprint density at radius 3 is 2.74 bits per heavy atom. The number of carboxylic acids is 1. The fraction of sp³-hybridized carbons (Fsp3) is 0.417. The molecule has 1 aromatic heterocycles. The fourth-order valence-electron chi connectivity index (χ4n) is 1.41. The van der Waals surface area contributed by atoms with Gasteiger partial charge in [0.1, 0.15) is 0 Å². The minimum Gasteiger partial charge on any atom is -0.478 e. The van der Waals surface area contributed by atoms with Crippen LogP contribution in [0.3, 0.4) is 0 Å². The molecule has 0 aromatic carbocycles. The normalized spacial score (nSPS) is 12.4. The minimum absolute atomic E-state index is 0.0786. The van der Waals surface area contributed by atoms with Crippen molar-refractivity contribution in [3.63, 3.8) is 0 Å². The summed E-state index contributed by atoms with van der Waals surface area (Å²) < 4.78 is 25.8. The summed E-state index contributed by atoms with van der Waals surface area (Å²) in [6.07, 6.45) is 2.54. The summed E-state index contributed by atoms with van der Waals surface area (Å²) in [5.41, 5.74) is 0. The summed E-state index contributed by atoms with van der Waals surface area (Å²) >= 11 is 1.36. The molecule has 0 bridgehead atoms. The molecule has 1 rings (SSSR count). The summed E-state index contributed by atoms with van der Waals surface area (Å²) in [6.45, 7) is 3.93. The smallest absolute Gasteiger partial charge is 0.328 e.